The predicted molar refractivity (Wildman–Crippen MR) is 77.3 cm³/mol. The van der Waals surface area contributed by atoms with Crippen molar-refractivity contribution >= 4 is 35.1 Å². The van der Waals surface area contributed by atoms with Crippen molar-refractivity contribution in [2.75, 3.05) is 0 Å². The third-order valence-electron chi connectivity index (χ3n) is 2.75. The normalized spacial score (nSPS) is 11.0. The Morgan fingerprint density at radius 2 is 1.84 bits per heavy atom. The summed E-state index contributed by atoms with van der Waals surface area (Å²) >= 11 is 6.80. The molecule has 1 aromatic heterocycles. The summed E-state index contributed by atoms with van der Waals surface area (Å²) in [7, 11) is 0. The zero-order valence-corrected chi connectivity index (χ0v) is 11.5. The largest absolute Gasteiger partial charge is 0.429 e. The van der Waals surface area contributed by atoms with Gasteiger partial charge in [0.25, 0.3) is 4.84 Å². The molecule has 0 saturated heterocycles. The first-order valence-corrected chi connectivity index (χ1v) is 7.10. The number of oxazole rings is 1. The minimum Gasteiger partial charge on any atom is -0.429 e. The first-order chi connectivity index (χ1) is 9.24. The first-order valence-electron chi connectivity index (χ1n) is 5.71. The number of thioether (sulfide) groups is 1. The Labute approximate surface area is 118 Å². The van der Waals surface area contributed by atoms with Gasteiger partial charge in [-0.1, -0.05) is 12.1 Å². The summed E-state index contributed by atoms with van der Waals surface area (Å²) in [6.45, 7) is 0. The van der Waals surface area contributed by atoms with Crippen LogP contribution in [0.2, 0.25) is 0 Å². The third kappa shape index (κ3) is 2.57. The van der Waals surface area contributed by atoms with Crippen LogP contribution in [0.5, 0.6) is 0 Å². The minimum absolute atomic E-state index is 0.227. The van der Waals surface area contributed by atoms with Crippen molar-refractivity contribution < 1.29 is 8.81 Å². The molecule has 3 aromatic rings. The van der Waals surface area contributed by atoms with Gasteiger partial charge in [0.15, 0.2) is 5.58 Å². The second-order valence-electron chi connectivity index (χ2n) is 3.99. The van der Waals surface area contributed by atoms with E-state index in [9.17, 15) is 4.39 Å². The van der Waals surface area contributed by atoms with Crippen molar-refractivity contribution in [3.8, 4) is 0 Å². The van der Waals surface area contributed by atoms with Gasteiger partial charge in [-0.3, -0.25) is 4.57 Å². The summed E-state index contributed by atoms with van der Waals surface area (Å²) in [6.07, 6.45) is 0. The molecule has 0 aliphatic carbocycles. The molecular formula is C14H10FNOS2. The molecule has 0 radical (unpaired) electrons. The van der Waals surface area contributed by atoms with Crippen LogP contribution in [-0.2, 0) is 5.88 Å². The molecule has 96 valence electrons. The van der Waals surface area contributed by atoms with E-state index in [2.05, 4.69) is 0 Å². The highest BCUT2D eigenvalue weighted by Crippen LogP contribution is 2.24. The second kappa shape index (κ2) is 5.19. The molecule has 0 unspecified atom stereocenters. The molecule has 0 aliphatic rings. The van der Waals surface area contributed by atoms with E-state index in [1.54, 1.807) is 23.9 Å². The van der Waals surface area contributed by atoms with E-state index >= 15 is 0 Å². The van der Waals surface area contributed by atoms with E-state index in [-0.39, 0.29) is 5.82 Å². The molecule has 0 saturated carbocycles. The van der Waals surface area contributed by atoms with E-state index in [1.807, 2.05) is 28.8 Å². The molecule has 5 heteroatoms. The number of hydrogen-bond acceptors (Lipinski definition) is 3. The van der Waals surface area contributed by atoms with Gasteiger partial charge in [0.2, 0.25) is 0 Å². The lowest BCUT2D eigenvalue weighted by atomic mass is 10.3. The Bertz CT molecular complexity index is 761. The number of aromatic nitrogens is 1. The van der Waals surface area contributed by atoms with Crippen LogP contribution >= 0.6 is 24.0 Å². The zero-order valence-electron chi connectivity index (χ0n) is 9.88. The van der Waals surface area contributed by atoms with Gasteiger partial charge < -0.3 is 4.42 Å². The Balaban J connectivity index is 1.87. The number of rotatable bonds is 3. The van der Waals surface area contributed by atoms with E-state index in [0.717, 1.165) is 16.0 Å². The van der Waals surface area contributed by atoms with Gasteiger partial charge in [-0.05, 0) is 48.6 Å². The quantitative estimate of drug-likeness (QED) is 0.507. The van der Waals surface area contributed by atoms with Crippen molar-refractivity contribution in [1.29, 1.82) is 0 Å². The number of benzene rings is 2. The third-order valence-corrected chi connectivity index (χ3v) is 4.04. The van der Waals surface area contributed by atoms with Crippen molar-refractivity contribution in [2.24, 2.45) is 0 Å². The number of para-hydroxylation sites is 2. The average Bonchev–Trinajstić information content (AvgIpc) is 2.74. The number of halogens is 1. The summed E-state index contributed by atoms with van der Waals surface area (Å²) in [5.74, 6) is 0.413. The molecule has 0 amide bonds. The molecule has 19 heavy (non-hydrogen) atoms. The maximum Gasteiger partial charge on any atom is 0.270 e. The Morgan fingerprint density at radius 1 is 1.11 bits per heavy atom. The molecule has 0 aliphatic heterocycles. The molecule has 0 fully saturated rings. The van der Waals surface area contributed by atoms with Crippen LogP contribution in [0.15, 0.2) is 57.8 Å². The van der Waals surface area contributed by atoms with Crippen LogP contribution in [0.1, 0.15) is 0 Å². The lowest BCUT2D eigenvalue weighted by molar-refractivity contribution is 0.557. The first kappa shape index (κ1) is 12.4. The van der Waals surface area contributed by atoms with Crippen LogP contribution in [0.4, 0.5) is 4.39 Å². The van der Waals surface area contributed by atoms with E-state index in [0.29, 0.717) is 10.7 Å². The Kier molecular flexibility index (Phi) is 3.40. The smallest absolute Gasteiger partial charge is 0.270 e. The van der Waals surface area contributed by atoms with Crippen molar-refractivity contribution in [2.45, 2.75) is 10.8 Å². The molecule has 2 aromatic carbocycles. The van der Waals surface area contributed by atoms with Gasteiger partial charge in [-0.25, -0.2) is 4.39 Å². The SMILES string of the molecule is Fc1ccc(SCn2c(=S)oc3ccccc32)cc1. The molecule has 0 bridgehead atoms. The molecule has 0 spiro atoms. The molecule has 1 heterocycles. The van der Waals surface area contributed by atoms with E-state index in [4.69, 9.17) is 16.6 Å². The van der Waals surface area contributed by atoms with Gasteiger partial charge in [0, 0.05) is 4.90 Å². The molecule has 2 nitrogen and oxygen atoms in total. The standard InChI is InChI=1S/C14H10FNOS2/c15-10-5-7-11(8-6-10)19-9-16-12-3-1-2-4-13(12)17-14(16)18/h1-8H,9H2. The number of fused-ring (bicyclic) bond motifs is 1. The molecule has 3 rings (SSSR count). The minimum atomic E-state index is -0.227. The van der Waals surface area contributed by atoms with E-state index in [1.165, 1.54) is 12.1 Å². The van der Waals surface area contributed by atoms with Crippen molar-refractivity contribution in [3.63, 3.8) is 0 Å². The van der Waals surface area contributed by atoms with Gasteiger partial charge in [-0.15, -0.1) is 11.8 Å². The fraction of sp³-hybridized carbons (Fsp3) is 0.0714. The zero-order chi connectivity index (χ0) is 13.2. The number of hydrogen-bond donors (Lipinski definition) is 0. The van der Waals surface area contributed by atoms with Crippen LogP contribution in [0.25, 0.3) is 11.1 Å². The monoisotopic (exact) mass is 291 g/mol. The highest BCUT2D eigenvalue weighted by atomic mass is 32.2. The summed E-state index contributed by atoms with van der Waals surface area (Å²) < 4.78 is 20.3. The van der Waals surface area contributed by atoms with Crippen LogP contribution < -0.4 is 0 Å². The van der Waals surface area contributed by atoms with Crippen LogP contribution in [0.3, 0.4) is 0 Å². The van der Waals surface area contributed by atoms with Gasteiger partial charge in [0.1, 0.15) is 5.82 Å². The lowest BCUT2D eigenvalue weighted by Crippen LogP contribution is -1.93. The van der Waals surface area contributed by atoms with Crippen LogP contribution in [-0.4, -0.2) is 4.57 Å². The van der Waals surface area contributed by atoms with Gasteiger partial charge in [0.05, 0.1) is 11.4 Å². The van der Waals surface area contributed by atoms with Crippen LogP contribution in [0, 0.1) is 10.7 Å². The summed E-state index contributed by atoms with van der Waals surface area (Å²) in [6, 6.07) is 14.1. The fourth-order valence-corrected chi connectivity index (χ4v) is 3.00. The molecule has 0 atom stereocenters. The van der Waals surface area contributed by atoms with E-state index < -0.39 is 0 Å². The van der Waals surface area contributed by atoms with Crippen molar-refractivity contribution in [1.82, 2.24) is 4.57 Å². The maximum atomic E-state index is 12.8. The number of nitrogens with zero attached hydrogens (tertiary/aromatic N) is 1. The summed E-state index contributed by atoms with van der Waals surface area (Å²) in [5.41, 5.74) is 1.76. The highest BCUT2D eigenvalue weighted by Gasteiger charge is 2.06. The lowest BCUT2D eigenvalue weighted by Gasteiger charge is -2.03. The Hall–Kier alpha value is -1.59. The van der Waals surface area contributed by atoms with Gasteiger partial charge in [-0.2, -0.15) is 0 Å². The maximum absolute atomic E-state index is 12.8. The fourth-order valence-electron chi connectivity index (χ4n) is 1.81. The van der Waals surface area contributed by atoms with Crippen molar-refractivity contribution in [3.05, 3.63) is 59.2 Å². The Morgan fingerprint density at radius 3 is 2.63 bits per heavy atom. The summed E-state index contributed by atoms with van der Waals surface area (Å²) in [5, 5.41) is 0. The molecule has 0 N–H and O–H groups in total. The molecular weight excluding hydrogens is 281 g/mol. The summed E-state index contributed by atoms with van der Waals surface area (Å²) in [4.78, 5) is 1.45. The topological polar surface area (TPSA) is 18.1 Å². The average molecular weight is 291 g/mol. The predicted octanol–water partition coefficient (Wildman–Crippen LogP) is 4.85. The van der Waals surface area contributed by atoms with Gasteiger partial charge >= 0.3 is 0 Å². The highest BCUT2D eigenvalue weighted by molar-refractivity contribution is 7.98. The second-order valence-corrected chi connectivity index (χ2v) is 5.36.